The lowest BCUT2D eigenvalue weighted by Gasteiger charge is -2.16. The first kappa shape index (κ1) is 16.5. The summed E-state index contributed by atoms with van der Waals surface area (Å²) >= 11 is 0. The van der Waals surface area contributed by atoms with Gasteiger partial charge in [0.15, 0.2) is 5.75 Å². The van der Waals surface area contributed by atoms with Crippen LogP contribution < -0.4 is 10.1 Å². The average Bonchev–Trinajstić information content (AvgIpc) is 3.02. The second-order valence-corrected chi connectivity index (χ2v) is 5.19. The number of nitrogens with zero attached hydrogens (tertiary/aromatic N) is 2. The highest BCUT2D eigenvalue weighted by Crippen LogP contribution is 2.27. The van der Waals surface area contributed by atoms with Gasteiger partial charge in [-0.3, -0.25) is 14.9 Å². The molecule has 1 aromatic carbocycles. The maximum atomic E-state index is 12.0. The van der Waals surface area contributed by atoms with Gasteiger partial charge in [-0.05, 0) is 18.1 Å². The van der Waals surface area contributed by atoms with Gasteiger partial charge in [0.1, 0.15) is 0 Å². The number of benzene rings is 1. The molecule has 9 heteroatoms. The number of amides is 2. The number of nitro benzene ring substituents is 1. The summed E-state index contributed by atoms with van der Waals surface area (Å²) in [5, 5.41) is 22.5. The van der Waals surface area contributed by atoms with E-state index in [1.807, 2.05) is 0 Å². The highest BCUT2D eigenvalue weighted by atomic mass is 16.6. The van der Waals surface area contributed by atoms with Gasteiger partial charge in [-0.15, -0.1) is 0 Å². The normalized spacial score (nSPS) is 16.9. The van der Waals surface area contributed by atoms with Crippen molar-refractivity contribution in [3.8, 4) is 5.75 Å². The minimum atomic E-state index is -0.911. The summed E-state index contributed by atoms with van der Waals surface area (Å²) in [7, 11) is 1.34. The highest BCUT2D eigenvalue weighted by molar-refractivity contribution is 5.77. The van der Waals surface area contributed by atoms with E-state index in [1.54, 1.807) is 6.07 Å². The van der Waals surface area contributed by atoms with Crippen LogP contribution in [0, 0.1) is 16.0 Å². The van der Waals surface area contributed by atoms with Crippen molar-refractivity contribution in [1.82, 2.24) is 10.2 Å². The van der Waals surface area contributed by atoms with Crippen molar-refractivity contribution in [3.63, 3.8) is 0 Å². The lowest BCUT2D eigenvalue weighted by Crippen LogP contribution is -2.38. The fourth-order valence-corrected chi connectivity index (χ4v) is 2.42. The number of carboxylic acids is 1. The number of urea groups is 1. The fraction of sp³-hybridized carbons (Fsp3) is 0.429. The third-order valence-corrected chi connectivity index (χ3v) is 3.71. The molecule has 9 nitrogen and oxygen atoms in total. The fourth-order valence-electron chi connectivity index (χ4n) is 2.42. The van der Waals surface area contributed by atoms with Gasteiger partial charge in [0.05, 0.1) is 18.0 Å². The van der Waals surface area contributed by atoms with E-state index in [-0.39, 0.29) is 30.6 Å². The summed E-state index contributed by atoms with van der Waals surface area (Å²) in [5.74, 6) is -1.30. The van der Waals surface area contributed by atoms with Crippen LogP contribution in [-0.4, -0.2) is 47.1 Å². The first-order chi connectivity index (χ1) is 10.9. The van der Waals surface area contributed by atoms with Crippen molar-refractivity contribution in [2.24, 2.45) is 5.92 Å². The first-order valence-corrected chi connectivity index (χ1v) is 6.99. The van der Waals surface area contributed by atoms with E-state index in [2.05, 4.69) is 5.32 Å². The number of ether oxygens (including phenoxy) is 1. The van der Waals surface area contributed by atoms with Gasteiger partial charge < -0.3 is 20.1 Å². The number of carbonyl (C=O) groups is 2. The Hall–Kier alpha value is -2.84. The van der Waals surface area contributed by atoms with Crippen LogP contribution in [0.3, 0.4) is 0 Å². The first-order valence-electron chi connectivity index (χ1n) is 6.99. The van der Waals surface area contributed by atoms with Gasteiger partial charge in [-0.2, -0.15) is 0 Å². The third-order valence-electron chi connectivity index (χ3n) is 3.71. The van der Waals surface area contributed by atoms with Crippen molar-refractivity contribution in [2.75, 3.05) is 20.2 Å². The van der Waals surface area contributed by atoms with Crippen molar-refractivity contribution in [1.29, 1.82) is 0 Å². The zero-order chi connectivity index (χ0) is 17.0. The maximum absolute atomic E-state index is 12.0. The zero-order valence-electron chi connectivity index (χ0n) is 12.5. The molecule has 0 radical (unpaired) electrons. The van der Waals surface area contributed by atoms with Gasteiger partial charge in [0.2, 0.25) is 0 Å². The van der Waals surface area contributed by atoms with Gasteiger partial charge in [-0.25, -0.2) is 4.79 Å². The molecule has 0 saturated carbocycles. The quantitative estimate of drug-likeness (QED) is 0.620. The molecule has 124 valence electrons. The molecule has 0 spiro atoms. The molecule has 2 N–H and O–H groups in total. The zero-order valence-corrected chi connectivity index (χ0v) is 12.5. The predicted octanol–water partition coefficient (Wildman–Crippen LogP) is 1.22. The number of rotatable bonds is 5. The number of aliphatic carboxylic acids is 1. The summed E-state index contributed by atoms with van der Waals surface area (Å²) in [4.78, 5) is 34.7. The second-order valence-electron chi connectivity index (χ2n) is 5.19. The van der Waals surface area contributed by atoms with Crippen LogP contribution in [-0.2, 0) is 11.3 Å². The molecule has 0 bridgehead atoms. The molecular weight excluding hydrogens is 306 g/mol. The van der Waals surface area contributed by atoms with Gasteiger partial charge in [-0.1, -0.05) is 6.07 Å². The smallest absolute Gasteiger partial charge is 0.317 e. The van der Waals surface area contributed by atoms with E-state index in [1.165, 1.54) is 24.1 Å². The van der Waals surface area contributed by atoms with Crippen LogP contribution in [0.4, 0.5) is 10.5 Å². The second kappa shape index (κ2) is 6.95. The lowest BCUT2D eigenvalue weighted by molar-refractivity contribution is -0.385. The van der Waals surface area contributed by atoms with Crippen LogP contribution in [0.1, 0.15) is 12.0 Å². The molecule has 1 aromatic rings. The molecule has 1 aliphatic heterocycles. The topological polar surface area (TPSA) is 122 Å². The molecule has 1 saturated heterocycles. The molecule has 1 atom stereocenters. The van der Waals surface area contributed by atoms with E-state index < -0.39 is 16.8 Å². The van der Waals surface area contributed by atoms with Crippen molar-refractivity contribution < 1.29 is 24.4 Å². The Morgan fingerprint density at radius 2 is 2.26 bits per heavy atom. The van der Waals surface area contributed by atoms with E-state index in [9.17, 15) is 19.7 Å². The Bertz CT molecular complexity index is 633. The molecule has 2 rings (SSSR count). The molecule has 1 fully saturated rings. The standard InChI is InChI=1S/C14H17N3O6/c1-23-12-3-2-9(6-11(12)17(21)22)7-15-14(20)16-5-4-10(8-16)13(18)19/h2-3,6,10H,4-5,7-8H2,1H3,(H,15,20)(H,18,19). The van der Waals surface area contributed by atoms with Crippen LogP contribution in [0.2, 0.25) is 0 Å². The predicted molar refractivity (Wildman–Crippen MR) is 79.2 cm³/mol. The third kappa shape index (κ3) is 3.87. The average molecular weight is 323 g/mol. The van der Waals surface area contributed by atoms with Gasteiger partial charge in [0, 0.05) is 25.7 Å². The van der Waals surface area contributed by atoms with Crippen molar-refractivity contribution >= 4 is 17.7 Å². The summed E-state index contributed by atoms with van der Waals surface area (Å²) in [6.45, 7) is 0.660. The highest BCUT2D eigenvalue weighted by Gasteiger charge is 2.30. The lowest BCUT2D eigenvalue weighted by atomic mass is 10.1. The van der Waals surface area contributed by atoms with Gasteiger partial charge >= 0.3 is 17.7 Å². The number of hydrogen-bond donors (Lipinski definition) is 2. The van der Waals surface area contributed by atoms with Gasteiger partial charge in [0.25, 0.3) is 0 Å². The van der Waals surface area contributed by atoms with Crippen LogP contribution in [0.15, 0.2) is 18.2 Å². The minimum absolute atomic E-state index is 0.109. The number of methoxy groups -OCH3 is 1. The molecular formula is C14H17N3O6. The van der Waals surface area contributed by atoms with Crippen LogP contribution >= 0.6 is 0 Å². The Kier molecular flexibility index (Phi) is 4.99. The van der Waals surface area contributed by atoms with E-state index in [0.717, 1.165) is 0 Å². The van der Waals surface area contributed by atoms with E-state index >= 15 is 0 Å². The molecule has 1 heterocycles. The number of likely N-dealkylation sites (tertiary alicyclic amines) is 1. The molecule has 2 amide bonds. The molecule has 1 aliphatic rings. The summed E-state index contributed by atoms with van der Waals surface area (Å²) in [5.41, 5.74) is 0.381. The Morgan fingerprint density at radius 1 is 1.52 bits per heavy atom. The summed E-state index contributed by atoms with van der Waals surface area (Å²) in [6, 6.07) is 4.04. The number of hydrogen-bond acceptors (Lipinski definition) is 5. The van der Waals surface area contributed by atoms with Crippen molar-refractivity contribution in [3.05, 3.63) is 33.9 Å². The summed E-state index contributed by atoms with van der Waals surface area (Å²) < 4.78 is 4.91. The number of carbonyl (C=O) groups excluding carboxylic acids is 1. The van der Waals surface area contributed by atoms with Crippen LogP contribution in [0.5, 0.6) is 5.75 Å². The maximum Gasteiger partial charge on any atom is 0.317 e. The summed E-state index contributed by atoms with van der Waals surface area (Å²) in [6.07, 6.45) is 0.427. The number of nitrogens with one attached hydrogen (secondary N) is 1. The van der Waals surface area contributed by atoms with Crippen LogP contribution in [0.25, 0.3) is 0 Å². The molecule has 23 heavy (non-hydrogen) atoms. The molecule has 0 aliphatic carbocycles. The molecule has 1 unspecified atom stereocenters. The minimum Gasteiger partial charge on any atom is -0.490 e. The monoisotopic (exact) mass is 323 g/mol. The largest absolute Gasteiger partial charge is 0.490 e. The Balaban J connectivity index is 1.96. The SMILES string of the molecule is COc1ccc(CNC(=O)N2CCC(C(=O)O)C2)cc1[N+](=O)[O-]. The van der Waals surface area contributed by atoms with Crippen molar-refractivity contribution in [2.45, 2.75) is 13.0 Å². The molecule has 0 aromatic heterocycles. The van der Waals surface area contributed by atoms with E-state index in [0.29, 0.717) is 18.5 Å². The Morgan fingerprint density at radius 3 is 2.83 bits per heavy atom. The Labute approximate surface area is 132 Å². The van der Waals surface area contributed by atoms with E-state index in [4.69, 9.17) is 9.84 Å². The number of nitro groups is 1. The number of carboxylic acid groups (broad SMARTS) is 1.